The van der Waals surface area contributed by atoms with Gasteiger partial charge in [-0.05, 0) is 31.4 Å². The number of aliphatic hydroxyl groups excluding tert-OH is 1. The number of amides is 1. The third-order valence-corrected chi connectivity index (χ3v) is 4.71. The van der Waals surface area contributed by atoms with Crippen molar-refractivity contribution in [2.45, 2.75) is 57.2 Å². The number of pyridine rings is 1. The molecule has 0 aromatic carbocycles. The Morgan fingerprint density at radius 3 is 2.83 bits per heavy atom. The van der Waals surface area contributed by atoms with Crippen LogP contribution in [0, 0.1) is 11.3 Å². The van der Waals surface area contributed by atoms with Crippen molar-refractivity contribution >= 4 is 5.91 Å². The number of carbonyl (C=O) groups excluding carboxylic acids is 1. The average Bonchev–Trinajstić information content (AvgIpc) is 2.62. The summed E-state index contributed by atoms with van der Waals surface area (Å²) in [6.07, 6.45) is 7.95. The second-order valence-electron chi connectivity index (χ2n) is 6.48. The lowest BCUT2D eigenvalue weighted by atomic mass is 9.82. The normalized spacial score (nSPS) is 17.9. The molecule has 6 nitrogen and oxygen atoms in total. The molecule has 1 aliphatic carbocycles. The van der Waals surface area contributed by atoms with Gasteiger partial charge in [0.2, 0.25) is 5.91 Å². The lowest BCUT2D eigenvalue weighted by Crippen LogP contribution is -2.55. The van der Waals surface area contributed by atoms with E-state index in [4.69, 9.17) is 0 Å². The van der Waals surface area contributed by atoms with E-state index >= 15 is 0 Å². The van der Waals surface area contributed by atoms with Crippen molar-refractivity contribution in [3.8, 4) is 6.07 Å². The van der Waals surface area contributed by atoms with Crippen LogP contribution >= 0.6 is 0 Å². The van der Waals surface area contributed by atoms with Gasteiger partial charge >= 0.3 is 0 Å². The molecule has 0 saturated heterocycles. The molecule has 1 aromatic rings. The van der Waals surface area contributed by atoms with Crippen molar-refractivity contribution in [2.24, 2.45) is 0 Å². The van der Waals surface area contributed by atoms with Crippen LogP contribution in [0.15, 0.2) is 24.5 Å². The van der Waals surface area contributed by atoms with E-state index in [-0.39, 0.29) is 12.5 Å². The zero-order valence-corrected chi connectivity index (χ0v) is 14.2. The van der Waals surface area contributed by atoms with Crippen LogP contribution < -0.4 is 5.32 Å². The summed E-state index contributed by atoms with van der Waals surface area (Å²) in [6, 6.07) is 5.68. The zero-order chi connectivity index (χ0) is 17.4. The van der Waals surface area contributed by atoms with E-state index < -0.39 is 11.6 Å². The minimum Gasteiger partial charge on any atom is -0.395 e. The quantitative estimate of drug-likeness (QED) is 0.793. The molecule has 0 aliphatic heterocycles. The van der Waals surface area contributed by atoms with Crippen LogP contribution in [-0.2, 0) is 11.3 Å². The van der Waals surface area contributed by atoms with Crippen molar-refractivity contribution in [1.82, 2.24) is 15.2 Å². The Morgan fingerprint density at radius 1 is 1.50 bits per heavy atom. The van der Waals surface area contributed by atoms with E-state index in [0.717, 1.165) is 24.8 Å². The molecule has 1 heterocycles. The molecule has 6 heteroatoms. The molecule has 1 unspecified atom stereocenters. The molecule has 2 N–H and O–H groups in total. The number of hydrogen-bond acceptors (Lipinski definition) is 5. The van der Waals surface area contributed by atoms with E-state index in [9.17, 15) is 15.2 Å². The second kappa shape index (κ2) is 8.76. The summed E-state index contributed by atoms with van der Waals surface area (Å²) in [6.45, 7) is 2.71. The maximum absolute atomic E-state index is 12.7. The van der Waals surface area contributed by atoms with Gasteiger partial charge in [-0.1, -0.05) is 25.3 Å². The Kier molecular flexibility index (Phi) is 6.71. The van der Waals surface area contributed by atoms with E-state index in [2.05, 4.69) is 16.4 Å². The van der Waals surface area contributed by atoms with Crippen molar-refractivity contribution in [3.63, 3.8) is 0 Å². The maximum Gasteiger partial charge on any atom is 0.238 e. The van der Waals surface area contributed by atoms with Crippen LogP contribution in [-0.4, -0.2) is 45.6 Å². The Morgan fingerprint density at radius 2 is 2.25 bits per heavy atom. The molecule has 0 spiro atoms. The second-order valence-corrected chi connectivity index (χ2v) is 6.48. The molecule has 1 fully saturated rings. The molecule has 0 bridgehead atoms. The predicted octanol–water partition coefficient (Wildman–Crippen LogP) is 1.61. The van der Waals surface area contributed by atoms with Gasteiger partial charge in [-0.15, -0.1) is 0 Å². The van der Waals surface area contributed by atoms with Crippen LogP contribution in [0.5, 0.6) is 0 Å². The summed E-state index contributed by atoms with van der Waals surface area (Å²) >= 11 is 0. The van der Waals surface area contributed by atoms with Gasteiger partial charge in [0.05, 0.1) is 18.7 Å². The van der Waals surface area contributed by atoms with Crippen LogP contribution in [0.2, 0.25) is 0 Å². The minimum atomic E-state index is -0.733. The van der Waals surface area contributed by atoms with Crippen molar-refractivity contribution < 1.29 is 9.90 Å². The Labute approximate surface area is 143 Å². The van der Waals surface area contributed by atoms with Gasteiger partial charge in [0, 0.05) is 25.5 Å². The number of carbonyl (C=O) groups is 1. The van der Waals surface area contributed by atoms with Gasteiger partial charge in [-0.2, -0.15) is 5.26 Å². The van der Waals surface area contributed by atoms with Gasteiger partial charge in [-0.25, -0.2) is 0 Å². The number of nitriles is 1. The maximum atomic E-state index is 12.7. The predicted molar refractivity (Wildman–Crippen MR) is 90.8 cm³/mol. The molecule has 24 heavy (non-hydrogen) atoms. The van der Waals surface area contributed by atoms with E-state index in [1.165, 1.54) is 0 Å². The monoisotopic (exact) mass is 330 g/mol. The first kappa shape index (κ1) is 18.4. The first-order valence-corrected chi connectivity index (χ1v) is 8.57. The summed E-state index contributed by atoms with van der Waals surface area (Å²) < 4.78 is 0. The fourth-order valence-corrected chi connectivity index (χ4v) is 3.19. The lowest BCUT2D eigenvalue weighted by molar-refractivity contribution is -0.128. The summed E-state index contributed by atoms with van der Waals surface area (Å²) in [4.78, 5) is 18.7. The Hall–Kier alpha value is -1.97. The minimum absolute atomic E-state index is 0.0265. The highest BCUT2D eigenvalue weighted by Gasteiger charge is 2.35. The van der Waals surface area contributed by atoms with Gasteiger partial charge in [0.1, 0.15) is 5.54 Å². The summed E-state index contributed by atoms with van der Waals surface area (Å²) in [5.74, 6) is -0.157. The molecule has 1 amide bonds. The highest BCUT2D eigenvalue weighted by Crippen LogP contribution is 2.27. The highest BCUT2D eigenvalue weighted by atomic mass is 16.3. The fourth-order valence-electron chi connectivity index (χ4n) is 3.19. The number of rotatable bonds is 7. The average molecular weight is 330 g/mol. The third kappa shape index (κ3) is 4.76. The molecule has 1 atom stereocenters. The number of aliphatic hydroxyl groups is 1. The first-order chi connectivity index (χ1) is 11.6. The number of nitrogens with one attached hydrogen (secondary N) is 1. The number of nitrogens with zero attached hydrogens (tertiary/aromatic N) is 3. The largest absolute Gasteiger partial charge is 0.395 e. The van der Waals surface area contributed by atoms with Crippen molar-refractivity contribution in [2.75, 3.05) is 13.2 Å². The molecular weight excluding hydrogens is 304 g/mol. The molecular formula is C18H26N4O2. The number of aromatic nitrogens is 1. The molecule has 1 aromatic heterocycles. The Balaban J connectivity index is 2.03. The lowest BCUT2D eigenvalue weighted by Gasteiger charge is -2.35. The highest BCUT2D eigenvalue weighted by molar-refractivity contribution is 5.82. The van der Waals surface area contributed by atoms with Gasteiger partial charge in [0.15, 0.2) is 0 Å². The molecule has 1 aliphatic rings. The van der Waals surface area contributed by atoms with Crippen molar-refractivity contribution in [3.05, 3.63) is 30.1 Å². The molecule has 0 radical (unpaired) electrons. The van der Waals surface area contributed by atoms with E-state index in [1.807, 2.05) is 24.0 Å². The first-order valence-electron chi connectivity index (χ1n) is 8.57. The van der Waals surface area contributed by atoms with Crippen LogP contribution in [0.4, 0.5) is 0 Å². The molecule has 2 rings (SSSR count). The summed E-state index contributed by atoms with van der Waals surface area (Å²) in [5, 5.41) is 21.8. The Bertz CT molecular complexity index is 564. The molecule has 1 saturated carbocycles. The summed E-state index contributed by atoms with van der Waals surface area (Å²) in [5.41, 5.74) is 0.251. The van der Waals surface area contributed by atoms with Gasteiger partial charge in [-0.3, -0.25) is 14.7 Å². The van der Waals surface area contributed by atoms with Crippen LogP contribution in [0.25, 0.3) is 0 Å². The molecule has 130 valence electrons. The van der Waals surface area contributed by atoms with Gasteiger partial charge < -0.3 is 10.4 Å². The van der Waals surface area contributed by atoms with Gasteiger partial charge in [0.25, 0.3) is 0 Å². The smallest absolute Gasteiger partial charge is 0.238 e. The van der Waals surface area contributed by atoms with Crippen LogP contribution in [0.3, 0.4) is 0 Å². The topological polar surface area (TPSA) is 89.2 Å². The van der Waals surface area contributed by atoms with Crippen LogP contribution in [0.1, 0.15) is 44.6 Å². The van der Waals surface area contributed by atoms with Crippen molar-refractivity contribution in [1.29, 1.82) is 5.26 Å². The number of hydrogen-bond donors (Lipinski definition) is 2. The van der Waals surface area contributed by atoms with E-state index in [1.54, 1.807) is 12.4 Å². The summed E-state index contributed by atoms with van der Waals surface area (Å²) in [7, 11) is 0. The van der Waals surface area contributed by atoms with E-state index in [0.29, 0.717) is 25.9 Å². The third-order valence-electron chi connectivity index (χ3n) is 4.71. The SMILES string of the molecule is CC(C(=O)NC1(C#N)CCCCC1)N(CCO)Cc1cccnc1. The fraction of sp³-hybridized carbons (Fsp3) is 0.611. The zero-order valence-electron chi connectivity index (χ0n) is 14.2. The standard InChI is InChI=1S/C18H26N4O2/c1-15(17(24)21-18(14-19)7-3-2-4-8-18)22(10-11-23)13-16-6-5-9-20-12-16/h5-6,9,12,15,23H,2-4,7-8,10-11,13H2,1H3,(H,21,24).